The second kappa shape index (κ2) is 6.76. The minimum atomic E-state index is 0.355. The lowest BCUT2D eigenvalue weighted by molar-refractivity contribution is 0.297. The number of ether oxygens (including phenoxy) is 2. The number of nitrogens with two attached hydrogens (primary N) is 1. The Bertz CT molecular complexity index is 884. The van der Waals surface area contributed by atoms with Gasteiger partial charge in [-0.15, -0.1) is 0 Å². The summed E-state index contributed by atoms with van der Waals surface area (Å²) < 4.78 is 11.3. The largest absolute Gasteiger partial charge is 0.490 e. The Hall–Kier alpha value is -3.15. The SMILES string of the molecule is NC(=NCc1cc2ccccc2[nH]1)Nc1ccc2c(c1)OCCCO2. The number of aliphatic imine (C=N–C) groups is 1. The molecule has 0 amide bonds. The molecule has 25 heavy (non-hydrogen) atoms. The van der Waals surface area contributed by atoms with E-state index in [0.717, 1.165) is 34.8 Å². The van der Waals surface area contributed by atoms with E-state index in [1.54, 1.807) is 0 Å². The number of benzene rings is 2. The van der Waals surface area contributed by atoms with Gasteiger partial charge in [-0.3, -0.25) is 0 Å². The third kappa shape index (κ3) is 3.52. The third-order valence-corrected chi connectivity index (χ3v) is 4.03. The zero-order chi connectivity index (χ0) is 17.1. The lowest BCUT2D eigenvalue weighted by atomic mass is 10.2. The molecular formula is C19H20N4O2. The molecule has 0 saturated carbocycles. The number of hydrogen-bond acceptors (Lipinski definition) is 3. The number of aromatic amines is 1. The van der Waals surface area contributed by atoms with E-state index in [9.17, 15) is 0 Å². The fraction of sp³-hybridized carbons (Fsp3) is 0.211. The smallest absolute Gasteiger partial charge is 0.193 e. The third-order valence-electron chi connectivity index (χ3n) is 4.03. The Morgan fingerprint density at radius 2 is 1.92 bits per heavy atom. The van der Waals surface area contributed by atoms with E-state index in [4.69, 9.17) is 15.2 Å². The first-order valence-electron chi connectivity index (χ1n) is 8.31. The highest BCUT2D eigenvalue weighted by Gasteiger charge is 2.10. The van der Waals surface area contributed by atoms with E-state index >= 15 is 0 Å². The van der Waals surface area contributed by atoms with Crippen molar-refractivity contribution in [3.05, 3.63) is 54.2 Å². The Morgan fingerprint density at radius 3 is 2.80 bits per heavy atom. The minimum Gasteiger partial charge on any atom is -0.490 e. The number of nitrogens with zero attached hydrogens (tertiary/aromatic N) is 1. The number of fused-ring (bicyclic) bond motifs is 2. The van der Waals surface area contributed by atoms with Crippen molar-refractivity contribution in [2.75, 3.05) is 18.5 Å². The van der Waals surface area contributed by atoms with Crippen LogP contribution in [0.5, 0.6) is 11.5 Å². The van der Waals surface area contributed by atoms with Gasteiger partial charge >= 0.3 is 0 Å². The zero-order valence-electron chi connectivity index (χ0n) is 13.8. The Labute approximate surface area is 145 Å². The number of guanidine groups is 1. The predicted molar refractivity (Wildman–Crippen MR) is 99.3 cm³/mol. The van der Waals surface area contributed by atoms with E-state index in [1.807, 2.05) is 36.4 Å². The molecule has 6 heteroatoms. The van der Waals surface area contributed by atoms with E-state index in [2.05, 4.69) is 27.4 Å². The summed E-state index contributed by atoms with van der Waals surface area (Å²) in [5.74, 6) is 1.84. The molecule has 6 nitrogen and oxygen atoms in total. The summed E-state index contributed by atoms with van der Waals surface area (Å²) in [7, 11) is 0. The average molecular weight is 336 g/mol. The van der Waals surface area contributed by atoms with Crippen LogP contribution in [0.15, 0.2) is 53.5 Å². The van der Waals surface area contributed by atoms with Gasteiger partial charge in [-0.2, -0.15) is 0 Å². The summed E-state index contributed by atoms with van der Waals surface area (Å²) in [5, 5.41) is 4.26. The van der Waals surface area contributed by atoms with Crippen molar-refractivity contribution >= 4 is 22.5 Å². The highest BCUT2D eigenvalue weighted by Crippen LogP contribution is 2.32. The molecule has 0 atom stereocenters. The molecule has 3 aromatic rings. The number of H-pyrrole nitrogens is 1. The van der Waals surface area contributed by atoms with Gasteiger partial charge in [0.1, 0.15) is 0 Å². The van der Waals surface area contributed by atoms with E-state index in [-0.39, 0.29) is 0 Å². The van der Waals surface area contributed by atoms with E-state index in [0.29, 0.717) is 25.7 Å². The van der Waals surface area contributed by atoms with Crippen molar-refractivity contribution < 1.29 is 9.47 Å². The molecule has 0 spiro atoms. The molecule has 1 aliphatic rings. The summed E-state index contributed by atoms with van der Waals surface area (Å²) in [5.41, 5.74) is 8.95. The molecule has 0 unspecified atom stereocenters. The fourth-order valence-electron chi connectivity index (χ4n) is 2.82. The van der Waals surface area contributed by atoms with Gasteiger partial charge < -0.3 is 25.5 Å². The maximum absolute atomic E-state index is 6.01. The minimum absolute atomic E-state index is 0.355. The molecule has 1 aromatic heterocycles. The molecule has 0 fully saturated rings. The number of nitrogens with one attached hydrogen (secondary N) is 2. The fourth-order valence-corrected chi connectivity index (χ4v) is 2.82. The Kier molecular flexibility index (Phi) is 4.16. The van der Waals surface area contributed by atoms with Gasteiger partial charge in [0.2, 0.25) is 0 Å². The maximum Gasteiger partial charge on any atom is 0.193 e. The predicted octanol–water partition coefficient (Wildman–Crippen LogP) is 3.26. The lowest BCUT2D eigenvalue weighted by Crippen LogP contribution is -2.22. The number of hydrogen-bond donors (Lipinski definition) is 3. The average Bonchev–Trinajstić information content (AvgIpc) is 2.90. The summed E-state index contributed by atoms with van der Waals surface area (Å²) in [4.78, 5) is 7.73. The first-order chi connectivity index (χ1) is 12.3. The Balaban J connectivity index is 1.45. The molecule has 1 aliphatic heterocycles. The Morgan fingerprint density at radius 1 is 1.08 bits per heavy atom. The first kappa shape index (κ1) is 15.4. The summed E-state index contributed by atoms with van der Waals surface area (Å²) in [6, 6.07) is 15.9. The topological polar surface area (TPSA) is 84.7 Å². The monoisotopic (exact) mass is 336 g/mol. The van der Waals surface area contributed by atoms with Crippen LogP contribution < -0.4 is 20.5 Å². The summed E-state index contributed by atoms with van der Waals surface area (Å²) in [6.45, 7) is 1.81. The van der Waals surface area contributed by atoms with E-state index in [1.165, 1.54) is 5.39 Å². The normalized spacial score (nSPS) is 14.3. The van der Waals surface area contributed by atoms with Gasteiger partial charge in [-0.05, 0) is 29.7 Å². The second-order valence-electron chi connectivity index (χ2n) is 5.92. The van der Waals surface area contributed by atoms with Gasteiger partial charge in [-0.1, -0.05) is 18.2 Å². The molecule has 0 bridgehead atoms. The van der Waals surface area contributed by atoms with Crippen molar-refractivity contribution in [2.24, 2.45) is 10.7 Å². The molecule has 2 heterocycles. The molecular weight excluding hydrogens is 316 g/mol. The number of aromatic nitrogens is 1. The molecule has 0 saturated heterocycles. The number of rotatable bonds is 3. The van der Waals surface area contributed by atoms with Crippen LogP contribution in [0, 0.1) is 0 Å². The second-order valence-corrected chi connectivity index (χ2v) is 5.92. The van der Waals surface area contributed by atoms with Gasteiger partial charge in [0.15, 0.2) is 17.5 Å². The van der Waals surface area contributed by atoms with Gasteiger partial charge in [-0.25, -0.2) is 4.99 Å². The molecule has 0 aliphatic carbocycles. The molecule has 128 valence electrons. The molecule has 4 rings (SSSR count). The highest BCUT2D eigenvalue weighted by molar-refractivity contribution is 5.92. The van der Waals surface area contributed by atoms with Crippen LogP contribution in [-0.4, -0.2) is 24.2 Å². The zero-order valence-corrected chi connectivity index (χ0v) is 13.8. The van der Waals surface area contributed by atoms with Crippen molar-refractivity contribution in [3.63, 3.8) is 0 Å². The van der Waals surface area contributed by atoms with Gasteiger partial charge in [0.05, 0.1) is 19.8 Å². The van der Waals surface area contributed by atoms with Gasteiger partial charge in [0.25, 0.3) is 0 Å². The standard InChI is InChI=1S/C19H20N4O2/c20-19(21-12-15-10-13-4-1-2-5-16(13)22-15)23-14-6-7-17-18(11-14)25-9-3-8-24-17/h1-2,4-7,10-11,22H,3,8-9,12H2,(H3,20,21,23). The summed E-state index contributed by atoms with van der Waals surface area (Å²) >= 11 is 0. The molecule has 2 aromatic carbocycles. The van der Waals surface area contributed by atoms with Crippen molar-refractivity contribution in [2.45, 2.75) is 13.0 Å². The van der Waals surface area contributed by atoms with Crippen LogP contribution in [0.2, 0.25) is 0 Å². The first-order valence-corrected chi connectivity index (χ1v) is 8.31. The number of anilines is 1. The molecule has 0 radical (unpaired) electrons. The maximum atomic E-state index is 6.01. The van der Waals surface area contributed by atoms with Crippen LogP contribution in [0.3, 0.4) is 0 Å². The molecule has 4 N–H and O–H groups in total. The van der Waals surface area contributed by atoms with Crippen LogP contribution in [0.25, 0.3) is 10.9 Å². The lowest BCUT2D eigenvalue weighted by Gasteiger charge is -2.10. The van der Waals surface area contributed by atoms with Crippen LogP contribution in [-0.2, 0) is 6.54 Å². The number of para-hydroxylation sites is 1. The van der Waals surface area contributed by atoms with Crippen molar-refractivity contribution in [1.29, 1.82) is 0 Å². The van der Waals surface area contributed by atoms with E-state index < -0.39 is 0 Å². The van der Waals surface area contributed by atoms with Crippen molar-refractivity contribution in [3.8, 4) is 11.5 Å². The van der Waals surface area contributed by atoms with Crippen LogP contribution >= 0.6 is 0 Å². The van der Waals surface area contributed by atoms with Crippen LogP contribution in [0.4, 0.5) is 5.69 Å². The van der Waals surface area contributed by atoms with Crippen molar-refractivity contribution in [1.82, 2.24) is 4.98 Å². The van der Waals surface area contributed by atoms with Gasteiger partial charge in [0, 0.05) is 29.4 Å². The summed E-state index contributed by atoms with van der Waals surface area (Å²) in [6.07, 6.45) is 0.880. The van der Waals surface area contributed by atoms with Crippen LogP contribution in [0.1, 0.15) is 12.1 Å². The quantitative estimate of drug-likeness (QED) is 0.506. The highest BCUT2D eigenvalue weighted by atomic mass is 16.5.